The van der Waals surface area contributed by atoms with Crippen molar-refractivity contribution in [1.82, 2.24) is 0 Å². The van der Waals surface area contributed by atoms with Crippen molar-refractivity contribution in [1.29, 1.82) is 0 Å². The highest BCUT2D eigenvalue weighted by Gasteiger charge is 2.23. The van der Waals surface area contributed by atoms with Crippen LogP contribution in [0.4, 0.5) is 0 Å². The fourth-order valence-corrected chi connectivity index (χ4v) is 3.91. The largest absolute Gasteiger partial charge is 0.392 e. The van der Waals surface area contributed by atoms with Gasteiger partial charge in [-0.2, -0.15) is 11.8 Å². The number of aliphatic hydroxyl groups excluding tert-OH is 1. The van der Waals surface area contributed by atoms with E-state index in [4.69, 9.17) is 0 Å². The molecule has 2 unspecified atom stereocenters. The molecule has 0 radical (unpaired) electrons. The van der Waals surface area contributed by atoms with Crippen molar-refractivity contribution in [3.63, 3.8) is 0 Å². The summed E-state index contributed by atoms with van der Waals surface area (Å²) in [5, 5.41) is 10.8. The Balaban J connectivity index is 2.04. The maximum Gasteiger partial charge on any atom is 0.0699 e. The molecule has 1 nitrogen and oxygen atoms in total. The molecule has 0 amide bonds. The molecule has 0 aliphatic carbocycles. The molecule has 1 aliphatic heterocycles. The van der Waals surface area contributed by atoms with E-state index in [0.29, 0.717) is 5.25 Å². The van der Waals surface area contributed by atoms with Crippen LogP contribution in [0.5, 0.6) is 0 Å². The van der Waals surface area contributed by atoms with Gasteiger partial charge in [-0.25, -0.2) is 0 Å². The zero-order valence-corrected chi connectivity index (χ0v) is 11.6. The first-order chi connectivity index (χ1) is 8.18. The van der Waals surface area contributed by atoms with Crippen LogP contribution in [0.25, 0.3) is 0 Å². The number of rotatable bonds is 3. The van der Waals surface area contributed by atoms with Gasteiger partial charge in [-0.15, -0.1) is 0 Å². The lowest BCUT2D eigenvalue weighted by Crippen LogP contribution is -2.28. The standard InChI is InChI=1S/C15H22OS/c1-11-6-5-7-12(2)13(11)10-14(16)15-8-3-4-9-17-15/h5-7,14-16H,3-4,8-10H2,1-2H3. The molecule has 17 heavy (non-hydrogen) atoms. The van der Waals surface area contributed by atoms with Crippen LogP contribution in [0.2, 0.25) is 0 Å². The lowest BCUT2D eigenvalue weighted by molar-refractivity contribution is 0.166. The molecule has 0 spiro atoms. The Morgan fingerprint density at radius 3 is 2.59 bits per heavy atom. The maximum atomic E-state index is 10.4. The Morgan fingerprint density at radius 1 is 1.29 bits per heavy atom. The molecule has 0 saturated carbocycles. The second-order valence-electron chi connectivity index (χ2n) is 5.05. The third-order valence-corrected chi connectivity index (χ3v) is 5.20. The Morgan fingerprint density at radius 2 is 2.00 bits per heavy atom. The normalized spacial score (nSPS) is 22.4. The lowest BCUT2D eigenvalue weighted by atomic mass is 9.95. The van der Waals surface area contributed by atoms with Gasteiger partial charge in [0.15, 0.2) is 0 Å². The van der Waals surface area contributed by atoms with Crippen LogP contribution in [0.1, 0.15) is 36.0 Å². The Labute approximate surface area is 109 Å². The molecular weight excluding hydrogens is 228 g/mol. The van der Waals surface area contributed by atoms with E-state index in [0.717, 1.165) is 6.42 Å². The predicted molar refractivity (Wildman–Crippen MR) is 75.7 cm³/mol. The molecule has 1 N–H and O–H groups in total. The lowest BCUT2D eigenvalue weighted by Gasteiger charge is -2.27. The van der Waals surface area contributed by atoms with Gasteiger partial charge in [0.05, 0.1) is 6.10 Å². The fourth-order valence-electron chi connectivity index (χ4n) is 2.58. The Bertz CT molecular complexity index is 349. The summed E-state index contributed by atoms with van der Waals surface area (Å²) in [6.45, 7) is 4.28. The van der Waals surface area contributed by atoms with Gasteiger partial charge in [0.1, 0.15) is 0 Å². The number of benzene rings is 1. The zero-order valence-electron chi connectivity index (χ0n) is 10.8. The second-order valence-corrected chi connectivity index (χ2v) is 6.39. The third kappa shape index (κ3) is 3.26. The summed E-state index contributed by atoms with van der Waals surface area (Å²) in [5.41, 5.74) is 3.96. The summed E-state index contributed by atoms with van der Waals surface area (Å²) < 4.78 is 0. The summed E-state index contributed by atoms with van der Waals surface area (Å²) in [7, 11) is 0. The molecular formula is C15H22OS. The Kier molecular flexibility index (Phi) is 4.52. The zero-order chi connectivity index (χ0) is 12.3. The summed E-state index contributed by atoms with van der Waals surface area (Å²) in [4.78, 5) is 0. The molecule has 2 heteroatoms. The average Bonchev–Trinajstić information content (AvgIpc) is 2.35. The SMILES string of the molecule is Cc1cccc(C)c1CC(O)C1CCCCS1. The molecule has 2 rings (SSSR count). The number of hydrogen-bond donors (Lipinski definition) is 1. The van der Waals surface area contributed by atoms with Crippen LogP contribution in [-0.4, -0.2) is 22.2 Å². The van der Waals surface area contributed by atoms with E-state index >= 15 is 0 Å². The van der Waals surface area contributed by atoms with E-state index in [1.165, 1.54) is 41.7 Å². The number of aliphatic hydroxyl groups is 1. The van der Waals surface area contributed by atoms with Gasteiger partial charge in [-0.1, -0.05) is 24.6 Å². The minimum Gasteiger partial charge on any atom is -0.392 e. The van der Waals surface area contributed by atoms with Crippen molar-refractivity contribution in [2.75, 3.05) is 5.75 Å². The molecule has 1 aromatic rings. The van der Waals surface area contributed by atoms with Crippen molar-refractivity contribution in [3.8, 4) is 0 Å². The van der Waals surface area contributed by atoms with Crippen LogP contribution < -0.4 is 0 Å². The summed E-state index contributed by atoms with van der Waals surface area (Å²) >= 11 is 1.95. The summed E-state index contributed by atoms with van der Waals surface area (Å²) in [6.07, 6.45) is 4.41. The van der Waals surface area contributed by atoms with E-state index in [2.05, 4.69) is 32.0 Å². The van der Waals surface area contributed by atoms with E-state index in [-0.39, 0.29) is 6.10 Å². The van der Waals surface area contributed by atoms with E-state index in [1.54, 1.807) is 0 Å². The average molecular weight is 250 g/mol. The molecule has 94 valence electrons. The third-order valence-electron chi connectivity index (χ3n) is 3.70. The molecule has 1 fully saturated rings. The molecule has 1 heterocycles. The van der Waals surface area contributed by atoms with Crippen LogP contribution in [-0.2, 0) is 6.42 Å². The first-order valence-electron chi connectivity index (χ1n) is 6.53. The van der Waals surface area contributed by atoms with Crippen molar-refractivity contribution in [2.24, 2.45) is 0 Å². The molecule has 0 bridgehead atoms. The molecule has 1 saturated heterocycles. The molecule has 1 aromatic carbocycles. The van der Waals surface area contributed by atoms with Crippen LogP contribution in [0.15, 0.2) is 18.2 Å². The van der Waals surface area contributed by atoms with Gasteiger partial charge in [0.25, 0.3) is 0 Å². The highest BCUT2D eigenvalue weighted by atomic mass is 32.2. The van der Waals surface area contributed by atoms with Crippen molar-refractivity contribution < 1.29 is 5.11 Å². The van der Waals surface area contributed by atoms with Gasteiger partial charge in [0.2, 0.25) is 0 Å². The second kappa shape index (κ2) is 5.92. The molecule has 2 atom stereocenters. The van der Waals surface area contributed by atoms with Crippen molar-refractivity contribution in [2.45, 2.75) is 50.9 Å². The van der Waals surface area contributed by atoms with E-state index in [1.807, 2.05) is 11.8 Å². The number of thioether (sulfide) groups is 1. The van der Waals surface area contributed by atoms with Crippen LogP contribution in [0.3, 0.4) is 0 Å². The minimum absolute atomic E-state index is 0.180. The predicted octanol–water partition coefficient (Wildman–Crippen LogP) is 3.49. The monoisotopic (exact) mass is 250 g/mol. The number of hydrogen-bond acceptors (Lipinski definition) is 2. The molecule has 1 aliphatic rings. The minimum atomic E-state index is -0.180. The fraction of sp³-hybridized carbons (Fsp3) is 0.600. The quantitative estimate of drug-likeness (QED) is 0.886. The van der Waals surface area contributed by atoms with Gasteiger partial charge in [-0.3, -0.25) is 0 Å². The van der Waals surface area contributed by atoms with Gasteiger partial charge in [0, 0.05) is 5.25 Å². The molecule has 0 aromatic heterocycles. The summed E-state index contributed by atoms with van der Waals surface area (Å²) in [6, 6.07) is 6.38. The highest BCUT2D eigenvalue weighted by molar-refractivity contribution is 8.00. The Hall–Kier alpha value is -0.470. The maximum absolute atomic E-state index is 10.4. The van der Waals surface area contributed by atoms with Crippen molar-refractivity contribution in [3.05, 3.63) is 34.9 Å². The van der Waals surface area contributed by atoms with E-state index < -0.39 is 0 Å². The summed E-state index contributed by atoms with van der Waals surface area (Å²) in [5.74, 6) is 1.22. The number of aryl methyl sites for hydroxylation is 2. The topological polar surface area (TPSA) is 20.2 Å². The van der Waals surface area contributed by atoms with Crippen molar-refractivity contribution >= 4 is 11.8 Å². The highest BCUT2D eigenvalue weighted by Crippen LogP contribution is 2.29. The smallest absolute Gasteiger partial charge is 0.0699 e. The first kappa shape index (κ1) is 13.0. The first-order valence-corrected chi connectivity index (χ1v) is 7.58. The van der Waals surface area contributed by atoms with Gasteiger partial charge >= 0.3 is 0 Å². The van der Waals surface area contributed by atoms with Crippen LogP contribution in [0, 0.1) is 13.8 Å². The van der Waals surface area contributed by atoms with Gasteiger partial charge < -0.3 is 5.11 Å². The van der Waals surface area contributed by atoms with E-state index in [9.17, 15) is 5.11 Å². The van der Waals surface area contributed by atoms with Crippen LogP contribution >= 0.6 is 11.8 Å². The van der Waals surface area contributed by atoms with Gasteiger partial charge in [-0.05, 0) is 55.6 Å².